The first-order valence-corrected chi connectivity index (χ1v) is 16.2. The predicted molar refractivity (Wildman–Crippen MR) is 179 cm³/mol. The van der Waals surface area contributed by atoms with E-state index in [-0.39, 0.29) is 48.9 Å². The average molecular weight is 697 g/mol. The number of alkyl carbamates (subject to hydrolysis) is 1. The summed E-state index contributed by atoms with van der Waals surface area (Å²) in [6.07, 6.45) is -0.0947. The Balaban J connectivity index is 1.82. The van der Waals surface area contributed by atoms with Crippen LogP contribution in [-0.4, -0.2) is 85.5 Å². The molecule has 3 N–H and O–H groups in total. The Kier molecular flexibility index (Phi) is 14.7. The number of rotatable bonds is 15. The molecule has 1 heterocycles. The number of nitrogens with one attached hydrogen (secondary N) is 3. The lowest BCUT2D eigenvalue weighted by molar-refractivity contribution is -0.146. The number of amides is 4. The van der Waals surface area contributed by atoms with Crippen molar-refractivity contribution in [1.82, 2.24) is 15.5 Å². The van der Waals surface area contributed by atoms with Crippen molar-refractivity contribution >= 4 is 47.4 Å². The monoisotopic (exact) mass is 696 g/mol. The first-order valence-electron chi connectivity index (χ1n) is 16.2. The lowest BCUT2D eigenvalue weighted by Crippen LogP contribution is -2.51. The number of carbonyl (C=O) groups excluding carboxylic acids is 7. The van der Waals surface area contributed by atoms with Gasteiger partial charge in [-0.2, -0.15) is 0 Å². The van der Waals surface area contributed by atoms with E-state index in [1.54, 1.807) is 24.3 Å². The van der Waals surface area contributed by atoms with Crippen LogP contribution in [0.5, 0.6) is 5.75 Å². The van der Waals surface area contributed by atoms with Crippen LogP contribution in [0.2, 0.25) is 0 Å². The Morgan fingerprint density at radius 1 is 0.920 bits per heavy atom. The molecule has 0 aromatic heterocycles. The molecule has 15 heteroatoms. The highest BCUT2D eigenvalue weighted by Crippen LogP contribution is 2.29. The topological polar surface area (TPSA) is 196 Å². The number of anilines is 1. The summed E-state index contributed by atoms with van der Waals surface area (Å²) in [6, 6.07) is 9.80. The molecular formula is C35H44N4O11. The van der Waals surface area contributed by atoms with Gasteiger partial charge in [0.25, 0.3) is 5.91 Å². The number of carbonyl (C=O) groups is 7. The molecule has 2 aromatic rings. The zero-order valence-electron chi connectivity index (χ0n) is 28.8. The summed E-state index contributed by atoms with van der Waals surface area (Å²) in [4.78, 5) is 90.8. The third kappa shape index (κ3) is 11.6. The zero-order valence-corrected chi connectivity index (χ0v) is 28.8. The molecule has 4 amide bonds. The molecule has 0 bridgehead atoms. The number of hydrogen-bond acceptors (Lipinski definition) is 11. The molecule has 0 radical (unpaired) electrons. The highest BCUT2D eigenvalue weighted by Gasteiger charge is 2.38. The molecular weight excluding hydrogens is 652 g/mol. The van der Waals surface area contributed by atoms with Gasteiger partial charge in [0.2, 0.25) is 11.8 Å². The molecule has 270 valence electrons. The van der Waals surface area contributed by atoms with Crippen molar-refractivity contribution in [2.45, 2.75) is 77.6 Å². The summed E-state index contributed by atoms with van der Waals surface area (Å²) in [5, 5.41) is 7.79. The predicted octanol–water partition coefficient (Wildman–Crippen LogP) is 3.11. The van der Waals surface area contributed by atoms with Crippen molar-refractivity contribution in [2.75, 3.05) is 26.1 Å². The number of benzene rings is 2. The van der Waals surface area contributed by atoms with E-state index in [0.29, 0.717) is 19.3 Å². The van der Waals surface area contributed by atoms with Crippen LogP contribution < -0.4 is 20.7 Å². The molecule has 15 nitrogen and oxygen atoms in total. The van der Waals surface area contributed by atoms with Gasteiger partial charge in [0, 0.05) is 25.6 Å². The summed E-state index contributed by atoms with van der Waals surface area (Å²) in [5.41, 5.74) is 0.699. The van der Waals surface area contributed by atoms with Crippen LogP contribution in [0.15, 0.2) is 48.5 Å². The molecule has 0 unspecified atom stereocenters. The van der Waals surface area contributed by atoms with Gasteiger partial charge in [-0.15, -0.1) is 0 Å². The Morgan fingerprint density at radius 3 is 2.28 bits per heavy atom. The van der Waals surface area contributed by atoms with Gasteiger partial charge in [0.1, 0.15) is 30.5 Å². The highest BCUT2D eigenvalue weighted by molar-refractivity contribution is 6.03. The van der Waals surface area contributed by atoms with Crippen molar-refractivity contribution in [3.8, 4) is 5.75 Å². The summed E-state index contributed by atoms with van der Waals surface area (Å²) in [6.45, 7) is 5.09. The van der Waals surface area contributed by atoms with E-state index in [1.807, 2.05) is 19.9 Å². The second-order valence-electron chi connectivity index (χ2n) is 12.0. The van der Waals surface area contributed by atoms with Crippen LogP contribution in [0.3, 0.4) is 0 Å². The molecule has 1 fully saturated rings. The van der Waals surface area contributed by atoms with Gasteiger partial charge in [-0.25, -0.2) is 9.59 Å². The molecule has 1 aliphatic heterocycles. The normalized spacial score (nSPS) is 14.9. The summed E-state index contributed by atoms with van der Waals surface area (Å²) < 4.78 is 20.1. The largest absolute Gasteiger partial charge is 0.469 e. The second kappa shape index (κ2) is 18.9. The molecule has 0 aliphatic carbocycles. The average Bonchev–Trinajstić information content (AvgIpc) is 3.59. The van der Waals surface area contributed by atoms with E-state index in [0.717, 1.165) is 12.5 Å². The fourth-order valence-corrected chi connectivity index (χ4v) is 5.32. The number of esters is 3. The number of ether oxygens (including phenoxy) is 4. The molecule has 0 spiro atoms. The maximum atomic E-state index is 14.0. The van der Waals surface area contributed by atoms with E-state index in [9.17, 15) is 33.6 Å². The van der Waals surface area contributed by atoms with Crippen molar-refractivity contribution in [3.05, 3.63) is 59.7 Å². The quantitative estimate of drug-likeness (QED) is 0.141. The van der Waals surface area contributed by atoms with Crippen LogP contribution in [0, 0.1) is 5.92 Å². The molecule has 3 rings (SSSR count). The smallest absolute Gasteiger partial charge is 0.408 e. The zero-order chi connectivity index (χ0) is 36.8. The SMILES string of the molecule is COC(=O)CC[C@H](NC(=O)OCc1ccccc1)C(=O)Nc1ccc(OC(C)=O)c(C(=O)N2CCC[C@H]2C(=O)N[C@@H](CC(C)C)C(=O)OC)c1. The summed E-state index contributed by atoms with van der Waals surface area (Å²) in [7, 11) is 2.42. The standard InChI is InChI=1S/C35H44N4O11/c1-21(2)18-27(34(45)48-5)37-32(43)28-12-9-17-39(28)33(44)25-19-24(13-15-29(25)50-22(3)40)36-31(42)26(14-16-30(41)47-4)38-35(46)49-20-23-10-7-6-8-11-23/h6-8,10-11,13,15,19,21,26-28H,9,12,14,16-18,20H2,1-5H3,(H,36,42)(H,37,43)(H,38,46)/t26-,27-,28-/m0/s1. The Morgan fingerprint density at radius 2 is 1.64 bits per heavy atom. The molecule has 1 saturated heterocycles. The maximum Gasteiger partial charge on any atom is 0.408 e. The van der Waals surface area contributed by atoms with Gasteiger partial charge in [0.05, 0.1) is 19.8 Å². The number of nitrogens with zero attached hydrogens (tertiary/aromatic N) is 1. The molecule has 3 atom stereocenters. The van der Waals surface area contributed by atoms with Gasteiger partial charge < -0.3 is 39.8 Å². The van der Waals surface area contributed by atoms with E-state index in [1.165, 1.54) is 37.3 Å². The molecule has 0 saturated carbocycles. The molecule has 50 heavy (non-hydrogen) atoms. The van der Waals surface area contributed by atoms with Crippen LogP contribution in [0.1, 0.15) is 68.8 Å². The Hall–Kier alpha value is -5.47. The Labute approximate surface area is 290 Å². The summed E-state index contributed by atoms with van der Waals surface area (Å²) >= 11 is 0. The third-order valence-electron chi connectivity index (χ3n) is 7.74. The fourth-order valence-electron chi connectivity index (χ4n) is 5.32. The van der Waals surface area contributed by atoms with Gasteiger partial charge in [-0.1, -0.05) is 44.2 Å². The molecule has 2 aromatic carbocycles. The fraction of sp³-hybridized carbons (Fsp3) is 0.457. The van der Waals surface area contributed by atoms with Crippen LogP contribution in [0.25, 0.3) is 0 Å². The lowest BCUT2D eigenvalue weighted by Gasteiger charge is -2.27. The number of hydrogen-bond donors (Lipinski definition) is 3. The van der Waals surface area contributed by atoms with Crippen molar-refractivity contribution < 1.29 is 52.5 Å². The van der Waals surface area contributed by atoms with E-state index < -0.39 is 59.8 Å². The van der Waals surface area contributed by atoms with E-state index in [4.69, 9.17) is 14.2 Å². The van der Waals surface area contributed by atoms with Gasteiger partial charge in [-0.05, 0) is 55.4 Å². The van der Waals surface area contributed by atoms with E-state index in [2.05, 4.69) is 20.7 Å². The number of methoxy groups -OCH3 is 2. The highest BCUT2D eigenvalue weighted by atomic mass is 16.6. The van der Waals surface area contributed by atoms with Crippen LogP contribution >= 0.6 is 0 Å². The van der Waals surface area contributed by atoms with Crippen LogP contribution in [0.4, 0.5) is 10.5 Å². The van der Waals surface area contributed by atoms with Crippen molar-refractivity contribution in [2.24, 2.45) is 5.92 Å². The lowest BCUT2D eigenvalue weighted by atomic mass is 10.0. The third-order valence-corrected chi connectivity index (χ3v) is 7.74. The van der Waals surface area contributed by atoms with Gasteiger partial charge in [-0.3, -0.25) is 24.0 Å². The van der Waals surface area contributed by atoms with E-state index >= 15 is 0 Å². The first-order chi connectivity index (χ1) is 23.8. The summed E-state index contributed by atoms with van der Waals surface area (Å²) in [5.74, 6) is -3.88. The molecule has 1 aliphatic rings. The van der Waals surface area contributed by atoms with Gasteiger partial charge in [0.15, 0.2) is 0 Å². The van der Waals surface area contributed by atoms with Crippen LogP contribution in [-0.2, 0) is 44.8 Å². The van der Waals surface area contributed by atoms with Crippen molar-refractivity contribution in [1.29, 1.82) is 0 Å². The maximum absolute atomic E-state index is 14.0. The first kappa shape index (κ1) is 39.0. The number of likely N-dealkylation sites (tertiary alicyclic amines) is 1. The minimum Gasteiger partial charge on any atom is -0.469 e. The minimum absolute atomic E-state index is 0.0579. The second-order valence-corrected chi connectivity index (χ2v) is 12.0. The van der Waals surface area contributed by atoms with Gasteiger partial charge >= 0.3 is 24.0 Å². The Bertz CT molecular complexity index is 1550. The minimum atomic E-state index is -1.25. The van der Waals surface area contributed by atoms with Crippen molar-refractivity contribution in [3.63, 3.8) is 0 Å².